The number of rotatable bonds is 22. The number of thiazole rings is 1. The number of hydrogen-bond acceptors (Lipinski definition) is 12. The van der Waals surface area contributed by atoms with Gasteiger partial charge in [-0.3, -0.25) is 33.7 Å². The lowest BCUT2D eigenvalue weighted by Crippen LogP contribution is -2.58. The number of esters is 1. The van der Waals surface area contributed by atoms with Gasteiger partial charge in [0.25, 0.3) is 11.8 Å². The van der Waals surface area contributed by atoms with E-state index in [9.17, 15) is 39.3 Å². The Hall–Kier alpha value is -4.12. The molecule has 16 heteroatoms. The maximum Gasteiger partial charge on any atom is 0.306 e. The van der Waals surface area contributed by atoms with Gasteiger partial charge < -0.3 is 30.7 Å². The van der Waals surface area contributed by atoms with Gasteiger partial charge in [0.05, 0.1) is 24.6 Å². The van der Waals surface area contributed by atoms with E-state index in [0.29, 0.717) is 24.3 Å². The van der Waals surface area contributed by atoms with Crippen LogP contribution in [0.25, 0.3) is 0 Å². The normalized spacial score (nSPS) is 17.9. The Kier molecular flexibility index (Phi) is 18.7. The number of aliphatic hydroxyl groups is 1. The molecule has 1 aromatic carbocycles. The van der Waals surface area contributed by atoms with Crippen LogP contribution in [0.5, 0.6) is 5.75 Å². The number of ether oxygens (including phenoxy) is 1. The van der Waals surface area contributed by atoms with Crippen molar-refractivity contribution < 1.29 is 48.9 Å². The Labute approximate surface area is 334 Å². The molecule has 3 amide bonds. The van der Waals surface area contributed by atoms with E-state index in [0.717, 1.165) is 36.3 Å². The van der Waals surface area contributed by atoms with Gasteiger partial charge in [0, 0.05) is 31.4 Å². The van der Waals surface area contributed by atoms with Crippen LogP contribution in [0.15, 0.2) is 29.6 Å². The summed E-state index contributed by atoms with van der Waals surface area (Å²) in [6.45, 7) is 11.1. The van der Waals surface area contributed by atoms with Crippen LogP contribution < -0.4 is 10.6 Å². The number of nitrogens with zero attached hydrogens (tertiary/aromatic N) is 3. The Morgan fingerprint density at radius 1 is 1.05 bits per heavy atom. The number of hydroxylamine groups is 2. The third-order valence-corrected chi connectivity index (χ3v) is 11.2. The zero-order valence-electron chi connectivity index (χ0n) is 33.7. The van der Waals surface area contributed by atoms with E-state index in [2.05, 4.69) is 15.6 Å². The quantitative estimate of drug-likeness (QED) is 0.0635. The first kappa shape index (κ1) is 46.3. The maximum absolute atomic E-state index is 14.6. The summed E-state index contributed by atoms with van der Waals surface area (Å²) in [5.74, 6) is -4.00. The molecule has 1 aliphatic rings. The summed E-state index contributed by atoms with van der Waals surface area (Å²) in [5, 5.41) is 37.9. The number of carbonyl (C=O) groups is 5. The predicted molar refractivity (Wildman–Crippen MR) is 211 cm³/mol. The van der Waals surface area contributed by atoms with Crippen LogP contribution in [0.1, 0.15) is 114 Å². The van der Waals surface area contributed by atoms with Gasteiger partial charge in [-0.15, -0.1) is 11.3 Å². The molecule has 7 atom stereocenters. The Balaban J connectivity index is 1.91. The summed E-state index contributed by atoms with van der Waals surface area (Å²) < 4.78 is 5.78. The molecule has 15 nitrogen and oxygen atoms in total. The number of aliphatic hydroxyl groups excluding tert-OH is 1. The molecule has 1 fully saturated rings. The number of aromatic hydroxyl groups is 1. The van der Waals surface area contributed by atoms with E-state index in [-0.39, 0.29) is 67.7 Å². The second-order valence-corrected chi connectivity index (χ2v) is 16.1. The number of amides is 3. The molecule has 0 aliphatic carbocycles. The number of hydrogen-bond donors (Lipinski definition) is 5. The highest BCUT2D eigenvalue weighted by atomic mass is 32.1. The third kappa shape index (κ3) is 13.8. The first-order chi connectivity index (χ1) is 26.6. The summed E-state index contributed by atoms with van der Waals surface area (Å²) in [5.41, 5.74) is 0.831. The maximum atomic E-state index is 14.6. The van der Waals surface area contributed by atoms with Crippen molar-refractivity contribution in [3.63, 3.8) is 0 Å². The van der Waals surface area contributed by atoms with Gasteiger partial charge in [-0.1, -0.05) is 59.6 Å². The lowest BCUT2D eigenvalue weighted by molar-refractivity contribution is -0.214. The minimum atomic E-state index is -1.00. The molecular formula is C40H61N5O10S. The van der Waals surface area contributed by atoms with E-state index in [1.807, 2.05) is 39.6 Å². The van der Waals surface area contributed by atoms with E-state index >= 15 is 0 Å². The first-order valence-electron chi connectivity index (χ1n) is 19.6. The summed E-state index contributed by atoms with van der Waals surface area (Å²) >= 11 is 1.10. The van der Waals surface area contributed by atoms with E-state index < -0.39 is 53.9 Å². The number of likely N-dealkylation sites (tertiary alicyclic amines) is 1. The van der Waals surface area contributed by atoms with Crippen LogP contribution >= 0.6 is 11.3 Å². The average Bonchev–Trinajstić information content (AvgIpc) is 3.65. The molecule has 0 saturated carbocycles. The molecule has 3 rings (SSSR count). The molecule has 0 spiro atoms. The molecule has 0 bridgehead atoms. The number of likely N-dealkylation sites (N-methyl/N-ethyl adjacent to an activating group) is 1. The smallest absolute Gasteiger partial charge is 0.306 e. The lowest BCUT2D eigenvalue weighted by Gasteiger charge is -2.39. The number of aromatic nitrogens is 1. The fourth-order valence-electron chi connectivity index (χ4n) is 6.72. The molecule has 6 unspecified atom stereocenters. The van der Waals surface area contributed by atoms with Crippen molar-refractivity contribution in [3.8, 4) is 5.75 Å². The summed E-state index contributed by atoms with van der Waals surface area (Å²) in [4.78, 5) is 78.6. The van der Waals surface area contributed by atoms with Crippen molar-refractivity contribution in [2.75, 3.05) is 26.8 Å². The zero-order valence-corrected chi connectivity index (χ0v) is 34.5. The molecule has 5 N–H and O–H groups in total. The van der Waals surface area contributed by atoms with Gasteiger partial charge in [-0.05, 0) is 75.2 Å². The largest absolute Gasteiger partial charge is 0.508 e. The second kappa shape index (κ2) is 22.6. The summed E-state index contributed by atoms with van der Waals surface area (Å²) in [7, 11) is 1.90. The monoisotopic (exact) mass is 803 g/mol. The van der Waals surface area contributed by atoms with Gasteiger partial charge in [0.15, 0.2) is 6.10 Å². The minimum absolute atomic E-state index is 0.0175. The fourth-order valence-corrected chi connectivity index (χ4v) is 7.56. The van der Waals surface area contributed by atoms with E-state index in [1.165, 1.54) is 29.5 Å². The molecule has 0 radical (unpaired) electrons. The second-order valence-electron chi connectivity index (χ2n) is 15.2. The molecule has 56 heavy (non-hydrogen) atoms. The van der Waals surface area contributed by atoms with Crippen molar-refractivity contribution >= 4 is 41.0 Å². The number of benzene rings is 1. The Bertz CT molecular complexity index is 1590. The SMILES string of the molecule is CCC(C)C(NC(=O)[C@H]1CCCCN1C)C(=O)N(OCCCO)C(CC(OC(C)=O)c1nc(C(=O)NC(Cc2ccc(O)cc2)CC(C)C(=O)O)cs1)C(C)C. The van der Waals surface area contributed by atoms with Crippen LogP contribution in [-0.4, -0.2) is 111 Å². The highest BCUT2D eigenvalue weighted by Crippen LogP contribution is 2.32. The van der Waals surface area contributed by atoms with Crippen LogP contribution in [-0.2, 0) is 35.2 Å². The summed E-state index contributed by atoms with van der Waals surface area (Å²) in [6.07, 6.45) is 2.95. The van der Waals surface area contributed by atoms with Crippen LogP contribution in [0.3, 0.4) is 0 Å². The van der Waals surface area contributed by atoms with Crippen LogP contribution in [0, 0.1) is 17.8 Å². The molecule has 1 saturated heterocycles. The Morgan fingerprint density at radius 2 is 1.75 bits per heavy atom. The molecule has 1 aromatic heterocycles. The molecule has 312 valence electrons. The number of phenolic OH excluding ortho intramolecular Hbond substituents is 1. The number of carboxylic acids is 1. The molecule has 1 aliphatic heterocycles. The zero-order chi connectivity index (χ0) is 41.5. The number of piperidine rings is 1. The standard InChI is InChI=1S/C40H61N5O10S/c1-8-25(4)35(43-37(50)32-12-9-10-17-44(32)7)39(51)45(54-19-11-18-46)33(24(2)3)22-34(55-27(6)47)38-42-31(23-56-38)36(49)41-29(20-26(5)40(52)53)21-28-13-15-30(48)16-14-28/h13-16,23-26,29,32-35,46,48H,8-12,17-22H2,1-7H3,(H,41,49)(H,43,50)(H,52,53)/t25?,26?,29?,32-,33?,34?,35?/m1/s1. The van der Waals surface area contributed by atoms with Crippen molar-refractivity contribution in [1.82, 2.24) is 25.6 Å². The van der Waals surface area contributed by atoms with Gasteiger partial charge >= 0.3 is 11.9 Å². The molecular weight excluding hydrogens is 743 g/mol. The van der Waals surface area contributed by atoms with Crippen LogP contribution in [0.4, 0.5) is 0 Å². The highest BCUT2D eigenvalue weighted by Gasteiger charge is 2.40. The molecule has 2 aromatic rings. The topological polar surface area (TPSA) is 208 Å². The number of carboxylic acid groups (broad SMARTS) is 1. The van der Waals surface area contributed by atoms with Crippen molar-refractivity contribution in [1.29, 1.82) is 0 Å². The number of nitrogens with one attached hydrogen (secondary N) is 2. The fraction of sp³-hybridized carbons (Fsp3) is 0.650. The minimum Gasteiger partial charge on any atom is -0.508 e. The number of phenols is 1. The molecule has 2 heterocycles. The van der Waals surface area contributed by atoms with Gasteiger partial charge in [0.1, 0.15) is 22.5 Å². The predicted octanol–water partition coefficient (Wildman–Crippen LogP) is 4.48. The number of carbonyl (C=O) groups excluding carboxylic acids is 4. The van der Waals surface area contributed by atoms with Gasteiger partial charge in [-0.25, -0.2) is 10.0 Å². The summed E-state index contributed by atoms with van der Waals surface area (Å²) in [6, 6.07) is 3.89. The van der Waals surface area contributed by atoms with Crippen molar-refractivity contribution in [3.05, 3.63) is 45.9 Å². The van der Waals surface area contributed by atoms with Gasteiger partial charge in [-0.2, -0.15) is 0 Å². The number of aliphatic carboxylic acids is 1. The van der Waals surface area contributed by atoms with Crippen molar-refractivity contribution in [2.45, 2.75) is 123 Å². The van der Waals surface area contributed by atoms with Gasteiger partial charge in [0.2, 0.25) is 5.91 Å². The first-order valence-corrected chi connectivity index (χ1v) is 20.5. The van der Waals surface area contributed by atoms with Crippen LogP contribution in [0.2, 0.25) is 0 Å². The van der Waals surface area contributed by atoms with E-state index in [1.54, 1.807) is 19.1 Å². The third-order valence-electron chi connectivity index (χ3n) is 10.3. The lowest BCUT2D eigenvalue weighted by atomic mass is 9.93. The Morgan fingerprint density at radius 3 is 2.34 bits per heavy atom. The van der Waals surface area contributed by atoms with E-state index in [4.69, 9.17) is 9.57 Å². The highest BCUT2D eigenvalue weighted by molar-refractivity contribution is 7.09. The average molecular weight is 804 g/mol. The van der Waals surface area contributed by atoms with Crippen molar-refractivity contribution in [2.24, 2.45) is 17.8 Å².